The number of nitrogens with zero attached hydrogens (tertiary/aromatic N) is 1. The predicted molar refractivity (Wildman–Crippen MR) is 81.7 cm³/mol. The SMILES string of the molecule is CC(C)N(CCO)CCOc1ccc(C#CCN)cc1. The summed E-state index contributed by atoms with van der Waals surface area (Å²) in [4.78, 5) is 2.18. The third-order valence-electron chi connectivity index (χ3n) is 2.95. The van der Waals surface area contributed by atoms with Gasteiger partial charge in [-0.2, -0.15) is 0 Å². The molecule has 0 fully saturated rings. The largest absolute Gasteiger partial charge is 0.492 e. The van der Waals surface area contributed by atoms with Crippen LogP contribution in [0.15, 0.2) is 24.3 Å². The summed E-state index contributed by atoms with van der Waals surface area (Å²) in [5.41, 5.74) is 6.27. The molecule has 0 radical (unpaired) electrons. The Morgan fingerprint density at radius 1 is 1.25 bits per heavy atom. The topological polar surface area (TPSA) is 58.7 Å². The number of aliphatic hydroxyl groups is 1. The van der Waals surface area contributed by atoms with Gasteiger partial charge in [-0.05, 0) is 38.1 Å². The van der Waals surface area contributed by atoms with Crippen molar-refractivity contribution in [3.05, 3.63) is 29.8 Å². The number of hydrogen-bond acceptors (Lipinski definition) is 4. The maximum atomic E-state index is 9.00. The number of hydrogen-bond donors (Lipinski definition) is 2. The maximum Gasteiger partial charge on any atom is 0.119 e. The van der Waals surface area contributed by atoms with E-state index in [1.165, 1.54) is 0 Å². The minimum atomic E-state index is 0.173. The number of nitrogens with two attached hydrogens (primary N) is 1. The Kier molecular flexibility index (Phi) is 7.74. The van der Waals surface area contributed by atoms with E-state index in [0.717, 1.165) is 17.9 Å². The average Bonchev–Trinajstić information content (AvgIpc) is 2.45. The van der Waals surface area contributed by atoms with Crippen LogP contribution in [-0.2, 0) is 0 Å². The first kappa shape index (κ1) is 16.5. The molecular weight excluding hydrogens is 252 g/mol. The van der Waals surface area contributed by atoms with Crippen molar-refractivity contribution in [2.24, 2.45) is 5.73 Å². The van der Waals surface area contributed by atoms with Crippen LogP contribution < -0.4 is 10.5 Å². The molecule has 0 aliphatic carbocycles. The molecule has 1 aromatic rings. The van der Waals surface area contributed by atoms with E-state index < -0.39 is 0 Å². The van der Waals surface area contributed by atoms with E-state index in [2.05, 4.69) is 30.6 Å². The molecule has 4 nitrogen and oxygen atoms in total. The summed E-state index contributed by atoms with van der Waals surface area (Å²) in [5, 5.41) is 9.00. The van der Waals surface area contributed by atoms with E-state index in [4.69, 9.17) is 15.6 Å². The van der Waals surface area contributed by atoms with Crippen molar-refractivity contribution in [3.63, 3.8) is 0 Å². The molecule has 0 saturated carbocycles. The van der Waals surface area contributed by atoms with E-state index in [-0.39, 0.29) is 6.61 Å². The molecule has 4 heteroatoms. The first-order valence-electron chi connectivity index (χ1n) is 6.94. The van der Waals surface area contributed by atoms with Gasteiger partial charge in [0.1, 0.15) is 12.4 Å². The van der Waals surface area contributed by atoms with Crippen LogP contribution in [0, 0.1) is 11.8 Å². The molecule has 0 aliphatic heterocycles. The molecule has 0 unspecified atom stereocenters. The summed E-state index contributed by atoms with van der Waals surface area (Å²) in [5.74, 6) is 6.62. The number of benzene rings is 1. The summed E-state index contributed by atoms with van der Waals surface area (Å²) in [7, 11) is 0. The van der Waals surface area contributed by atoms with Crippen molar-refractivity contribution >= 4 is 0 Å². The average molecular weight is 276 g/mol. The Morgan fingerprint density at radius 2 is 1.95 bits per heavy atom. The Labute approximate surface area is 121 Å². The zero-order valence-electron chi connectivity index (χ0n) is 12.3. The van der Waals surface area contributed by atoms with E-state index >= 15 is 0 Å². The normalized spacial score (nSPS) is 10.5. The lowest BCUT2D eigenvalue weighted by Gasteiger charge is -2.25. The fraction of sp³-hybridized carbons (Fsp3) is 0.500. The van der Waals surface area contributed by atoms with Gasteiger partial charge in [0.2, 0.25) is 0 Å². The Hall–Kier alpha value is -1.54. The van der Waals surface area contributed by atoms with Crippen LogP contribution in [0.1, 0.15) is 19.4 Å². The maximum absolute atomic E-state index is 9.00. The third-order valence-corrected chi connectivity index (χ3v) is 2.95. The molecule has 1 rings (SSSR count). The van der Waals surface area contributed by atoms with Crippen LogP contribution in [0.2, 0.25) is 0 Å². The van der Waals surface area contributed by atoms with Gasteiger partial charge in [0, 0.05) is 24.7 Å². The van der Waals surface area contributed by atoms with E-state index in [9.17, 15) is 0 Å². The zero-order valence-corrected chi connectivity index (χ0v) is 12.3. The van der Waals surface area contributed by atoms with Crippen LogP contribution in [0.4, 0.5) is 0 Å². The molecule has 1 aromatic carbocycles. The molecular formula is C16H24N2O2. The summed E-state index contributed by atoms with van der Waals surface area (Å²) >= 11 is 0. The van der Waals surface area contributed by atoms with Gasteiger partial charge in [-0.15, -0.1) is 0 Å². The Bertz CT molecular complexity index is 432. The van der Waals surface area contributed by atoms with E-state index in [0.29, 0.717) is 25.7 Å². The van der Waals surface area contributed by atoms with Crippen molar-refractivity contribution < 1.29 is 9.84 Å². The van der Waals surface area contributed by atoms with Crippen molar-refractivity contribution in [3.8, 4) is 17.6 Å². The second kappa shape index (κ2) is 9.38. The minimum Gasteiger partial charge on any atom is -0.492 e. The lowest BCUT2D eigenvalue weighted by Crippen LogP contribution is -2.36. The van der Waals surface area contributed by atoms with Crippen LogP contribution in [0.25, 0.3) is 0 Å². The van der Waals surface area contributed by atoms with Gasteiger partial charge in [0.05, 0.1) is 13.2 Å². The fourth-order valence-electron chi connectivity index (χ4n) is 1.82. The second-order valence-electron chi connectivity index (χ2n) is 4.73. The molecule has 0 aromatic heterocycles. The summed E-state index contributed by atoms with van der Waals surface area (Å²) < 4.78 is 5.70. The highest BCUT2D eigenvalue weighted by Gasteiger charge is 2.08. The molecule has 0 saturated heterocycles. The van der Waals surface area contributed by atoms with Gasteiger partial charge >= 0.3 is 0 Å². The molecule has 0 atom stereocenters. The zero-order chi connectivity index (χ0) is 14.8. The third kappa shape index (κ3) is 6.07. The standard InChI is InChI=1S/C16H24N2O2/c1-14(2)18(10-12-19)11-13-20-16-7-5-15(6-8-16)4-3-9-17/h5-8,14,19H,9-13,17H2,1-2H3. The monoisotopic (exact) mass is 276 g/mol. The van der Waals surface area contributed by atoms with Gasteiger partial charge in [0.25, 0.3) is 0 Å². The van der Waals surface area contributed by atoms with Crippen molar-refractivity contribution in [2.45, 2.75) is 19.9 Å². The molecule has 20 heavy (non-hydrogen) atoms. The smallest absolute Gasteiger partial charge is 0.119 e. The molecule has 3 N–H and O–H groups in total. The van der Waals surface area contributed by atoms with Crippen LogP contribution >= 0.6 is 0 Å². The van der Waals surface area contributed by atoms with Crippen molar-refractivity contribution in [1.82, 2.24) is 4.90 Å². The minimum absolute atomic E-state index is 0.173. The summed E-state index contributed by atoms with van der Waals surface area (Å²) in [6, 6.07) is 8.07. The number of aliphatic hydroxyl groups excluding tert-OH is 1. The highest BCUT2D eigenvalue weighted by molar-refractivity contribution is 5.38. The molecule has 0 aliphatic rings. The van der Waals surface area contributed by atoms with Crippen LogP contribution in [0.3, 0.4) is 0 Å². The van der Waals surface area contributed by atoms with Gasteiger partial charge in [-0.25, -0.2) is 0 Å². The van der Waals surface area contributed by atoms with Gasteiger partial charge in [-0.3, -0.25) is 4.90 Å². The summed E-state index contributed by atoms with van der Waals surface area (Å²) in [6.45, 7) is 6.84. The first-order chi connectivity index (χ1) is 9.67. The molecule has 0 amide bonds. The highest BCUT2D eigenvalue weighted by Crippen LogP contribution is 2.11. The van der Waals surface area contributed by atoms with E-state index in [1.54, 1.807) is 0 Å². The quantitative estimate of drug-likeness (QED) is 0.732. The van der Waals surface area contributed by atoms with E-state index in [1.807, 2.05) is 24.3 Å². The number of rotatable bonds is 7. The fourth-order valence-corrected chi connectivity index (χ4v) is 1.82. The second-order valence-corrected chi connectivity index (χ2v) is 4.73. The molecule has 0 heterocycles. The molecule has 110 valence electrons. The highest BCUT2D eigenvalue weighted by atomic mass is 16.5. The predicted octanol–water partition coefficient (Wildman–Crippen LogP) is 1.08. The van der Waals surface area contributed by atoms with Gasteiger partial charge in [-0.1, -0.05) is 11.8 Å². The Morgan fingerprint density at radius 3 is 2.50 bits per heavy atom. The van der Waals surface area contributed by atoms with Crippen molar-refractivity contribution in [1.29, 1.82) is 0 Å². The van der Waals surface area contributed by atoms with Crippen LogP contribution in [-0.4, -0.2) is 48.9 Å². The van der Waals surface area contributed by atoms with Crippen molar-refractivity contribution in [2.75, 3.05) is 32.8 Å². The number of ether oxygens (including phenoxy) is 1. The lowest BCUT2D eigenvalue weighted by molar-refractivity contribution is 0.141. The molecule has 0 bridgehead atoms. The van der Waals surface area contributed by atoms with Gasteiger partial charge in [0.15, 0.2) is 0 Å². The van der Waals surface area contributed by atoms with Crippen LogP contribution in [0.5, 0.6) is 5.75 Å². The molecule has 0 spiro atoms. The lowest BCUT2D eigenvalue weighted by atomic mass is 10.2. The van der Waals surface area contributed by atoms with Gasteiger partial charge < -0.3 is 15.6 Å². The summed E-state index contributed by atoms with van der Waals surface area (Å²) in [6.07, 6.45) is 0. The first-order valence-corrected chi connectivity index (χ1v) is 6.94. The Balaban J connectivity index is 2.41.